The Balaban J connectivity index is 1.92. The lowest BCUT2D eigenvalue weighted by molar-refractivity contribution is -0.134. The predicted molar refractivity (Wildman–Crippen MR) is 61.6 cm³/mol. The summed E-state index contributed by atoms with van der Waals surface area (Å²) in [6.07, 6.45) is 0.743. The zero-order chi connectivity index (χ0) is 12.3. The van der Waals surface area contributed by atoms with Crippen molar-refractivity contribution in [3.05, 3.63) is 30.1 Å². The van der Waals surface area contributed by atoms with Crippen LogP contribution in [0.2, 0.25) is 0 Å². The average molecular weight is 254 g/mol. The number of hydrogen-bond donors (Lipinski definition) is 2. The third-order valence-corrected chi connectivity index (χ3v) is 3.34. The number of piperidine rings is 1. The van der Waals surface area contributed by atoms with E-state index < -0.39 is 6.04 Å². The third-order valence-electron chi connectivity index (χ3n) is 2.39. The van der Waals surface area contributed by atoms with Crippen LogP contribution in [0.3, 0.4) is 0 Å². The van der Waals surface area contributed by atoms with Crippen molar-refractivity contribution in [2.24, 2.45) is 0 Å². The van der Waals surface area contributed by atoms with Crippen molar-refractivity contribution in [1.29, 1.82) is 0 Å². The molecule has 1 aliphatic heterocycles. The molecule has 1 saturated heterocycles. The average Bonchev–Trinajstić information content (AvgIpc) is 2.30. The van der Waals surface area contributed by atoms with Gasteiger partial charge in [-0.15, -0.1) is 0 Å². The normalized spacial score (nSPS) is 20.2. The van der Waals surface area contributed by atoms with Crippen LogP contribution < -0.4 is 10.0 Å². The Morgan fingerprint density at radius 3 is 2.82 bits per heavy atom. The first-order valence-electron chi connectivity index (χ1n) is 5.17. The van der Waals surface area contributed by atoms with Crippen molar-refractivity contribution >= 4 is 23.8 Å². The largest absolute Gasteiger partial charge is 0.295 e. The van der Waals surface area contributed by atoms with E-state index in [0.29, 0.717) is 17.7 Å². The number of imide groups is 1. The molecule has 2 amide bonds. The highest BCUT2D eigenvalue weighted by atomic mass is 32.2. The molecule has 0 radical (unpaired) electrons. The standard InChI is InChI=1S/C11H11FN2O2S/c12-7-3-1-2-4-9(7)17-14-8-5-6-10(15)13-11(8)16/h1-4,8,14H,5-6H2,(H,13,15,16). The lowest BCUT2D eigenvalue weighted by Crippen LogP contribution is -2.48. The Labute approximate surface area is 102 Å². The van der Waals surface area contributed by atoms with Crippen molar-refractivity contribution in [1.82, 2.24) is 10.0 Å². The molecule has 0 saturated carbocycles. The zero-order valence-corrected chi connectivity index (χ0v) is 9.72. The van der Waals surface area contributed by atoms with Gasteiger partial charge in [-0.05, 0) is 30.5 Å². The maximum atomic E-state index is 13.3. The van der Waals surface area contributed by atoms with Gasteiger partial charge in [-0.3, -0.25) is 14.9 Å². The van der Waals surface area contributed by atoms with E-state index in [-0.39, 0.29) is 17.6 Å². The number of nitrogens with one attached hydrogen (secondary N) is 2. The summed E-state index contributed by atoms with van der Waals surface area (Å²) >= 11 is 1.06. The molecule has 4 nitrogen and oxygen atoms in total. The molecular formula is C11H11FN2O2S. The summed E-state index contributed by atoms with van der Waals surface area (Å²) in [6, 6.07) is 5.84. The van der Waals surface area contributed by atoms with Crippen molar-refractivity contribution in [2.75, 3.05) is 0 Å². The first-order valence-corrected chi connectivity index (χ1v) is 5.99. The minimum Gasteiger partial charge on any atom is -0.295 e. The molecule has 1 aromatic carbocycles. The Bertz CT molecular complexity index is 453. The Morgan fingerprint density at radius 2 is 2.12 bits per heavy atom. The zero-order valence-electron chi connectivity index (χ0n) is 8.90. The van der Waals surface area contributed by atoms with Crippen LogP contribution in [-0.4, -0.2) is 17.9 Å². The molecule has 1 heterocycles. The molecular weight excluding hydrogens is 243 g/mol. The monoisotopic (exact) mass is 254 g/mol. The smallest absolute Gasteiger partial charge is 0.244 e. The second-order valence-electron chi connectivity index (χ2n) is 3.65. The van der Waals surface area contributed by atoms with Crippen LogP contribution in [0.15, 0.2) is 29.2 Å². The minimum absolute atomic E-state index is 0.260. The summed E-state index contributed by atoms with van der Waals surface area (Å²) < 4.78 is 16.1. The van der Waals surface area contributed by atoms with Gasteiger partial charge in [0.2, 0.25) is 11.8 Å². The van der Waals surface area contributed by atoms with Crippen LogP contribution in [0, 0.1) is 5.82 Å². The van der Waals surface area contributed by atoms with Crippen molar-refractivity contribution < 1.29 is 14.0 Å². The molecule has 0 bridgehead atoms. The van der Waals surface area contributed by atoms with Crippen LogP contribution in [-0.2, 0) is 9.59 Å². The molecule has 17 heavy (non-hydrogen) atoms. The first kappa shape index (κ1) is 12.1. The van der Waals surface area contributed by atoms with Crippen molar-refractivity contribution in [2.45, 2.75) is 23.8 Å². The van der Waals surface area contributed by atoms with Crippen LogP contribution in [0.5, 0.6) is 0 Å². The third kappa shape index (κ3) is 3.04. The Hall–Kier alpha value is -1.40. The van der Waals surface area contributed by atoms with E-state index in [1.807, 2.05) is 0 Å². The van der Waals surface area contributed by atoms with Gasteiger partial charge in [-0.2, -0.15) is 0 Å². The van der Waals surface area contributed by atoms with Crippen LogP contribution in [0.1, 0.15) is 12.8 Å². The number of carbonyl (C=O) groups is 2. The molecule has 0 aromatic heterocycles. The van der Waals surface area contributed by atoms with Crippen LogP contribution >= 0.6 is 11.9 Å². The van der Waals surface area contributed by atoms with Gasteiger partial charge in [0.15, 0.2) is 0 Å². The molecule has 2 N–H and O–H groups in total. The molecule has 0 spiro atoms. The Kier molecular flexibility index (Phi) is 3.75. The minimum atomic E-state index is -0.461. The van der Waals surface area contributed by atoms with E-state index >= 15 is 0 Å². The second-order valence-corrected chi connectivity index (χ2v) is 4.53. The number of rotatable bonds is 3. The molecule has 1 atom stereocenters. The molecule has 1 aliphatic rings. The molecule has 0 aliphatic carbocycles. The maximum absolute atomic E-state index is 13.3. The van der Waals surface area contributed by atoms with Gasteiger partial charge < -0.3 is 0 Å². The fraction of sp³-hybridized carbons (Fsp3) is 0.273. The molecule has 90 valence electrons. The SMILES string of the molecule is O=C1CCC(NSc2ccccc2F)C(=O)N1. The number of benzene rings is 1. The van der Waals surface area contributed by atoms with E-state index in [9.17, 15) is 14.0 Å². The van der Waals surface area contributed by atoms with Gasteiger partial charge >= 0.3 is 0 Å². The second kappa shape index (κ2) is 5.29. The topological polar surface area (TPSA) is 58.2 Å². The van der Waals surface area contributed by atoms with Gasteiger partial charge in [0.05, 0.1) is 10.9 Å². The van der Waals surface area contributed by atoms with Crippen molar-refractivity contribution in [3.8, 4) is 0 Å². The van der Waals surface area contributed by atoms with Crippen LogP contribution in [0.4, 0.5) is 4.39 Å². The Morgan fingerprint density at radius 1 is 1.35 bits per heavy atom. The van der Waals surface area contributed by atoms with Crippen LogP contribution in [0.25, 0.3) is 0 Å². The van der Waals surface area contributed by atoms with E-state index in [1.165, 1.54) is 6.07 Å². The van der Waals surface area contributed by atoms with E-state index in [2.05, 4.69) is 10.0 Å². The predicted octanol–water partition coefficient (Wildman–Crippen LogP) is 1.23. The quantitative estimate of drug-likeness (QED) is 0.629. The van der Waals surface area contributed by atoms with Gasteiger partial charge in [0.25, 0.3) is 0 Å². The van der Waals surface area contributed by atoms with Gasteiger partial charge in [0.1, 0.15) is 5.82 Å². The molecule has 1 aromatic rings. The summed E-state index contributed by atoms with van der Waals surface area (Å²) in [6.45, 7) is 0. The fourth-order valence-electron chi connectivity index (χ4n) is 1.47. The molecule has 2 rings (SSSR count). The van der Waals surface area contributed by atoms with Crippen molar-refractivity contribution in [3.63, 3.8) is 0 Å². The molecule has 6 heteroatoms. The van der Waals surface area contributed by atoms with Gasteiger partial charge in [0, 0.05) is 6.42 Å². The number of amides is 2. The molecule has 1 unspecified atom stereocenters. The highest BCUT2D eigenvalue weighted by Gasteiger charge is 2.26. The number of halogens is 1. The number of carbonyl (C=O) groups excluding carboxylic acids is 2. The maximum Gasteiger partial charge on any atom is 0.244 e. The van der Waals surface area contributed by atoms with Gasteiger partial charge in [-0.1, -0.05) is 12.1 Å². The summed E-state index contributed by atoms with van der Waals surface area (Å²) in [5.41, 5.74) is 0. The highest BCUT2D eigenvalue weighted by molar-refractivity contribution is 7.97. The summed E-state index contributed by atoms with van der Waals surface area (Å²) in [5.74, 6) is -0.952. The first-order chi connectivity index (χ1) is 8.16. The lowest BCUT2D eigenvalue weighted by Gasteiger charge is -2.21. The van der Waals surface area contributed by atoms with E-state index in [1.54, 1.807) is 18.2 Å². The summed E-state index contributed by atoms with van der Waals surface area (Å²) in [7, 11) is 0. The van der Waals surface area contributed by atoms with E-state index in [4.69, 9.17) is 0 Å². The highest BCUT2D eigenvalue weighted by Crippen LogP contribution is 2.20. The fourth-order valence-corrected chi connectivity index (χ4v) is 2.27. The summed E-state index contributed by atoms with van der Waals surface area (Å²) in [4.78, 5) is 22.8. The summed E-state index contributed by atoms with van der Waals surface area (Å²) in [5, 5.41) is 2.23. The van der Waals surface area contributed by atoms with Gasteiger partial charge in [-0.25, -0.2) is 9.11 Å². The molecule has 1 fully saturated rings. The lowest BCUT2D eigenvalue weighted by atomic mass is 10.1. The number of hydrogen-bond acceptors (Lipinski definition) is 4. The van der Waals surface area contributed by atoms with E-state index in [0.717, 1.165) is 11.9 Å².